The van der Waals surface area contributed by atoms with E-state index in [1.807, 2.05) is 0 Å². The van der Waals surface area contributed by atoms with E-state index in [1.54, 1.807) is 0 Å². The van der Waals surface area contributed by atoms with Gasteiger partial charge in [-0.2, -0.15) is 0 Å². The van der Waals surface area contributed by atoms with Gasteiger partial charge in [-0.05, 0) is 32.8 Å². The van der Waals surface area contributed by atoms with Crippen molar-refractivity contribution < 1.29 is 0 Å². The molecule has 14 heavy (non-hydrogen) atoms. The lowest BCUT2D eigenvalue weighted by atomic mass is 10.1. The third-order valence-electron chi connectivity index (χ3n) is 2.52. The number of nitrogens with zero attached hydrogens (tertiary/aromatic N) is 1. The van der Waals surface area contributed by atoms with Crippen LogP contribution in [-0.4, -0.2) is 18.0 Å². The summed E-state index contributed by atoms with van der Waals surface area (Å²) >= 11 is 0. The molecule has 0 saturated heterocycles. The van der Waals surface area contributed by atoms with Gasteiger partial charge in [0.05, 0.1) is 5.82 Å². The third-order valence-corrected chi connectivity index (χ3v) is 2.52. The molecule has 0 heterocycles. The molecule has 0 aromatic heterocycles. The van der Waals surface area contributed by atoms with Crippen molar-refractivity contribution in [2.75, 3.05) is 7.05 Å². The van der Waals surface area contributed by atoms with Crippen LogP contribution in [0.5, 0.6) is 0 Å². The monoisotopic (exact) mass is 192 g/mol. The quantitative estimate of drug-likeness (QED) is 0.736. The molecule has 0 amide bonds. The fourth-order valence-corrected chi connectivity index (χ4v) is 1.29. The first-order valence-corrected chi connectivity index (χ1v) is 5.15. The van der Waals surface area contributed by atoms with Crippen LogP contribution in [-0.2, 0) is 0 Å². The Hall–Kier alpha value is -1.18. The minimum Gasteiger partial charge on any atom is -0.359 e. The minimum atomic E-state index is 0.481. The van der Waals surface area contributed by atoms with Crippen molar-refractivity contribution in [2.24, 2.45) is 0 Å². The average Bonchev–Trinajstić information content (AvgIpc) is 2.18. The first-order valence-electron chi connectivity index (χ1n) is 5.15. The summed E-state index contributed by atoms with van der Waals surface area (Å²) in [5.74, 6) is 0.974. The largest absolute Gasteiger partial charge is 0.359 e. The highest BCUT2D eigenvalue weighted by Gasteiger charge is 2.07. The first-order chi connectivity index (χ1) is 6.61. The van der Waals surface area contributed by atoms with Crippen molar-refractivity contribution in [3.8, 4) is 0 Å². The van der Waals surface area contributed by atoms with Gasteiger partial charge in [0, 0.05) is 18.8 Å². The van der Waals surface area contributed by atoms with E-state index in [2.05, 4.69) is 55.9 Å². The first kappa shape index (κ1) is 10.9. The van der Waals surface area contributed by atoms with Gasteiger partial charge in [-0.1, -0.05) is 18.7 Å². The molecule has 1 rings (SSSR count). The van der Waals surface area contributed by atoms with Crippen molar-refractivity contribution in [1.82, 2.24) is 10.2 Å². The van der Waals surface area contributed by atoms with Gasteiger partial charge in [0.1, 0.15) is 0 Å². The van der Waals surface area contributed by atoms with Crippen molar-refractivity contribution in [3.05, 3.63) is 36.3 Å². The smallest absolute Gasteiger partial charge is 0.0980 e. The highest BCUT2D eigenvalue weighted by atomic mass is 15.2. The second-order valence-corrected chi connectivity index (χ2v) is 3.94. The predicted molar refractivity (Wildman–Crippen MR) is 61.6 cm³/mol. The standard InChI is InChI=1S/C12H20N2/c1-10(2)14(4)11(3)13-12-8-6-5-7-9-12/h5-6,8,10,13H,3,7,9H2,1-2,4H3. The summed E-state index contributed by atoms with van der Waals surface area (Å²) in [6, 6.07) is 0.481. The highest BCUT2D eigenvalue weighted by Crippen LogP contribution is 2.11. The summed E-state index contributed by atoms with van der Waals surface area (Å²) in [6.07, 6.45) is 8.59. The molecule has 2 nitrogen and oxygen atoms in total. The molecule has 0 spiro atoms. The van der Waals surface area contributed by atoms with E-state index >= 15 is 0 Å². The Morgan fingerprint density at radius 1 is 1.57 bits per heavy atom. The van der Waals surface area contributed by atoms with Crippen molar-refractivity contribution in [3.63, 3.8) is 0 Å². The van der Waals surface area contributed by atoms with E-state index in [0.29, 0.717) is 6.04 Å². The molecule has 0 bridgehead atoms. The summed E-state index contributed by atoms with van der Waals surface area (Å²) < 4.78 is 0. The lowest BCUT2D eigenvalue weighted by Gasteiger charge is -2.27. The van der Waals surface area contributed by atoms with Gasteiger partial charge in [-0.15, -0.1) is 0 Å². The molecule has 0 fully saturated rings. The van der Waals surface area contributed by atoms with Crippen LogP contribution in [0.15, 0.2) is 36.3 Å². The SMILES string of the molecule is C=C(NC1=CC=CCC1)N(C)C(C)C. The molecular weight excluding hydrogens is 172 g/mol. The van der Waals surface area contributed by atoms with Crippen LogP contribution in [0.1, 0.15) is 26.7 Å². The number of hydrogen-bond acceptors (Lipinski definition) is 2. The minimum absolute atomic E-state index is 0.481. The number of hydrogen-bond donors (Lipinski definition) is 1. The van der Waals surface area contributed by atoms with E-state index in [-0.39, 0.29) is 0 Å². The normalized spacial score (nSPS) is 15.3. The summed E-state index contributed by atoms with van der Waals surface area (Å²) in [6.45, 7) is 8.33. The number of allylic oxidation sites excluding steroid dienone is 4. The van der Waals surface area contributed by atoms with Crippen LogP contribution in [0.2, 0.25) is 0 Å². The molecule has 1 aliphatic carbocycles. The highest BCUT2D eigenvalue weighted by molar-refractivity contribution is 5.19. The van der Waals surface area contributed by atoms with E-state index < -0.39 is 0 Å². The fraction of sp³-hybridized carbons (Fsp3) is 0.500. The number of nitrogens with one attached hydrogen (secondary N) is 1. The lowest BCUT2D eigenvalue weighted by Crippen LogP contribution is -2.32. The fourth-order valence-electron chi connectivity index (χ4n) is 1.29. The van der Waals surface area contributed by atoms with E-state index in [0.717, 1.165) is 18.7 Å². The van der Waals surface area contributed by atoms with E-state index in [9.17, 15) is 0 Å². The molecule has 1 N–H and O–H groups in total. The van der Waals surface area contributed by atoms with Crippen LogP contribution in [0, 0.1) is 0 Å². The molecule has 0 aliphatic heterocycles. The lowest BCUT2D eigenvalue weighted by molar-refractivity contribution is 0.327. The zero-order valence-electron chi connectivity index (χ0n) is 9.38. The topological polar surface area (TPSA) is 15.3 Å². The molecule has 0 aromatic rings. The average molecular weight is 192 g/mol. The molecule has 0 saturated carbocycles. The molecule has 2 heteroatoms. The summed E-state index contributed by atoms with van der Waals surface area (Å²) in [4.78, 5) is 2.14. The van der Waals surface area contributed by atoms with Gasteiger partial charge in [0.2, 0.25) is 0 Å². The third kappa shape index (κ3) is 2.95. The molecular formula is C12H20N2. The number of rotatable bonds is 4. The Bertz CT molecular complexity index is 261. The van der Waals surface area contributed by atoms with Gasteiger partial charge in [0.25, 0.3) is 0 Å². The maximum atomic E-state index is 4.02. The van der Waals surface area contributed by atoms with Crippen LogP contribution >= 0.6 is 0 Å². The Morgan fingerprint density at radius 3 is 2.79 bits per heavy atom. The molecule has 78 valence electrons. The molecule has 0 radical (unpaired) electrons. The maximum Gasteiger partial charge on any atom is 0.0980 e. The van der Waals surface area contributed by atoms with Gasteiger partial charge in [0.15, 0.2) is 0 Å². The Kier molecular flexibility index (Phi) is 3.81. The van der Waals surface area contributed by atoms with Gasteiger partial charge < -0.3 is 10.2 Å². The maximum absolute atomic E-state index is 4.02. The summed E-state index contributed by atoms with van der Waals surface area (Å²) in [7, 11) is 2.05. The second kappa shape index (κ2) is 4.89. The van der Waals surface area contributed by atoms with Gasteiger partial charge >= 0.3 is 0 Å². The van der Waals surface area contributed by atoms with E-state index in [4.69, 9.17) is 0 Å². The second-order valence-electron chi connectivity index (χ2n) is 3.94. The van der Waals surface area contributed by atoms with E-state index in [1.165, 1.54) is 5.70 Å². The molecule has 0 aromatic carbocycles. The molecule has 0 unspecified atom stereocenters. The Morgan fingerprint density at radius 2 is 2.29 bits per heavy atom. The van der Waals surface area contributed by atoms with Crippen LogP contribution in [0.25, 0.3) is 0 Å². The molecule has 1 aliphatic rings. The Balaban J connectivity index is 2.48. The van der Waals surface area contributed by atoms with Crippen LogP contribution in [0.4, 0.5) is 0 Å². The molecule has 0 atom stereocenters. The van der Waals surface area contributed by atoms with Crippen molar-refractivity contribution in [1.29, 1.82) is 0 Å². The predicted octanol–water partition coefficient (Wildman–Crippen LogP) is 2.62. The van der Waals surface area contributed by atoms with Crippen molar-refractivity contribution in [2.45, 2.75) is 32.7 Å². The zero-order valence-corrected chi connectivity index (χ0v) is 9.38. The zero-order chi connectivity index (χ0) is 10.6. The Labute approximate surface area is 87.0 Å². The summed E-state index contributed by atoms with van der Waals surface area (Å²) in [5.41, 5.74) is 1.25. The summed E-state index contributed by atoms with van der Waals surface area (Å²) in [5, 5.41) is 3.34. The van der Waals surface area contributed by atoms with Gasteiger partial charge in [-0.25, -0.2) is 0 Å². The van der Waals surface area contributed by atoms with Gasteiger partial charge in [-0.3, -0.25) is 0 Å². The van der Waals surface area contributed by atoms with Crippen molar-refractivity contribution >= 4 is 0 Å². The van der Waals surface area contributed by atoms with Crippen LogP contribution < -0.4 is 5.32 Å². The van der Waals surface area contributed by atoms with Crippen LogP contribution in [0.3, 0.4) is 0 Å².